The van der Waals surface area contributed by atoms with E-state index in [1.165, 1.54) is 0 Å². The van der Waals surface area contributed by atoms with Gasteiger partial charge in [0.1, 0.15) is 0 Å². The smallest absolute Gasteiger partial charge is 0.236 e. The molecule has 1 aliphatic rings. The Hall–Kier alpha value is -0.710. The minimum Gasteiger partial charge on any atom is -0.336 e. The number of carbonyl (C=O) groups is 1. The molecule has 19 heavy (non-hydrogen) atoms. The normalized spacial score (nSPS) is 20.5. The summed E-state index contributed by atoms with van der Waals surface area (Å²) in [5, 5.41) is 3.29. The Balaban J connectivity index is 0.00000180. The Morgan fingerprint density at radius 1 is 1.42 bits per heavy atom. The summed E-state index contributed by atoms with van der Waals surface area (Å²) in [6, 6.07) is 10.4. The molecular weight excluding hydrogens is 280 g/mol. The second-order valence-electron chi connectivity index (χ2n) is 4.66. The van der Waals surface area contributed by atoms with Crippen LogP contribution >= 0.6 is 24.2 Å². The zero-order valence-corrected chi connectivity index (χ0v) is 13.0. The van der Waals surface area contributed by atoms with Crippen LogP contribution in [0.4, 0.5) is 0 Å². The van der Waals surface area contributed by atoms with Crippen LogP contribution in [-0.2, 0) is 4.79 Å². The Bertz CT molecular complexity index is 402. The highest BCUT2D eigenvalue weighted by atomic mass is 35.5. The summed E-state index contributed by atoms with van der Waals surface area (Å²) in [4.78, 5) is 15.5. The molecule has 0 aliphatic carbocycles. The molecule has 1 aromatic carbocycles. The third-order valence-electron chi connectivity index (χ3n) is 3.19. The lowest BCUT2D eigenvalue weighted by atomic mass is 10.2. The number of amides is 1. The number of rotatable bonds is 3. The van der Waals surface area contributed by atoms with Crippen LogP contribution in [0.2, 0.25) is 0 Å². The first kappa shape index (κ1) is 16.3. The first-order valence-electron chi connectivity index (χ1n) is 6.41. The lowest BCUT2D eigenvalue weighted by Crippen LogP contribution is -2.54. The van der Waals surface area contributed by atoms with Gasteiger partial charge in [0.2, 0.25) is 5.91 Å². The van der Waals surface area contributed by atoms with E-state index in [-0.39, 0.29) is 23.6 Å². The summed E-state index contributed by atoms with van der Waals surface area (Å²) in [7, 11) is 0. The minimum atomic E-state index is -0.0204. The number of hydrogen-bond acceptors (Lipinski definition) is 3. The zero-order valence-electron chi connectivity index (χ0n) is 11.3. The molecule has 1 fully saturated rings. The van der Waals surface area contributed by atoms with Gasteiger partial charge in [-0.2, -0.15) is 0 Å². The van der Waals surface area contributed by atoms with Gasteiger partial charge in [0.25, 0.3) is 0 Å². The topological polar surface area (TPSA) is 32.3 Å². The van der Waals surface area contributed by atoms with Crippen molar-refractivity contribution >= 4 is 30.1 Å². The molecule has 1 saturated heterocycles. The van der Waals surface area contributed by atoms with E-state index in [2.05, 4.69) is 24.4 Å². The Labute approximate surface area is 125 Å². The van der Waals surface area contributed by atoms with Crippen LogP contribution in [0.15, 0.2) is 35.2 Å². The molecule has 1 unspecified atom stereocenters. The van der Waals surface area contributed by atoms with Crippen LogP contribution in [-0.4, -0.2) is 41.7 Å². The van der Waals surface area contributed by atoms with Crippen LogP contribution in [0.25, 0.3) is 0 Å². The van der Waals surface area contributed by atoms with Crippen LogP contribution < -0.4 is 5.32 Å². The first-order valence-corrected chi connectivity index (χ1v) is 7.29. The van der Waals surface area contributed by atoms with E-state index in [1.807, 2.05) is 30.0 Å². The molecule has 0 spiro atoms. The molecule has 3 nitrogen and oxygen atoms in total. The lowest BCUT2D eigenvalue weighted by Gasteiger charge is -2.35. The average molecular weight is 301 g/mol. The monoisotopic (exact) mass is 300 g/mol. The summed E-state index contributed by atoms with van der Waals surface area (Å²) in [6.45, 7) is 6.71. The maximum absolute atomic E-state index is 12.4. The molecule has 2 atom stereocenters. The molecule has 0 radical (unpaired) electrons. The largest absolute Gasteiger partial charge is 0.336 e. The van der Waals surface area contributed by atoms with Crippen LogP contribution in [0.3, 0.4) is 0 Å². The van der Waals surface area contributed by atoms with E-state index in [9.17, 15) is 4.79 Å². The fourth-order valence-electron chi connectivity index (χ4n) is 2.16. The summed E-state index contributed by atoms with van der Waals surface area (Å²) in [6.07, 6.45) is 0. The summed E-state index contributed by atoms with van der Waals surface area (Å²) >= 11 is 1.64. The van der Waals surface area contributed by atoms with Gasteiger partial charge in [0.05, 0.1) is 5.25 Å². The Kier molecular flexibility index (Phi) is 6.69. The number of nitrogens with one attached hydrogen (secondary N) is 1. The second-order valence-corrected chi connectivity index (χ2v) is 6.07. The highest BCUT2D eigenvalue weighted by Gasteiger charge is 2.27. The first-order chi connectivity index (χ1) is 8.68. The van der Waals surface area contributed by atoms with Crippen molar-refractivity contribution in [1.82, 2.24) is 10.2 Å². The van der Waals surface area contributed by atoms with E-state index in [4.69, 9.17) is 0 Å². The van der Waals surface area contributed by atoms with E-state index < -0.39 is 0 Å². The van der Waals surface area contributed by atoms with Crippen LogP contribution in [0.5, 0.6) is 0 Å². The summed E-state index contributed by atoms with van der Waals surface area (Å²) < 4.78 is 0. The standard InChI is InChI=1S/C14H20N2OS.ClH/c1-11-10-15-8-9-16(11)14(17)12(2)18-13-6-4-3-5-7-13;/h3-7,11-12,15H,8-10H2,1-2H3;1H/t11-,12?;/m1./s1. The van der Waals surface area contributed by atoms with Gasteiger partial charge in [0, 0.05) is 30.6 Å². The second kappa shape index (κ2) is 7.78. The van der Waals surface area contributed by atoms with E-state index >= 15 is 0 Å². The van der Waals surface area contributed by atoms with Gasteiger partial charge >= 0.3 is 0 Å². The molecule has 5 heteroatoms. The third kappa shape index (κ3) is 4.41. The van der Waals surface area contributed by atoms with Crippen molar-refractivity contribution in [1.29, 1.82) is 0 Å². The molecule has 106 valence electrons. The molecule has 1 heterocycles. The van der Waals surface area contributed by atoms with E-state index in [0.717, 1.165) is 24.5 Å². The number of thioether (sulfide) groups is 1. The number of benzene rings is 1. The highest BCUT2D eigenvalue weighted by Crippen LogP contribution is 2.24. The number of halogens is 1. The number of piperazine rings is 1. The van der Waals surface area contributed by atoms with Crippen molar-refractivity contribution in [2.75, 3.05) is 19.6 Å². The average Bonchev–Trinajstić information content (AvgIpc) is 2.39. The van der Waals surface area contributed by atoms with Gasteiger partial charge in [-0.25, -0.2) is 0 Å². The van der Waals surface area contributed by atoms with Crippen molar-refractivity contribution in [2.24, 2.45) is 0 Å². The predicted molar refractivity (Wildman–Crippen MR) is 83.1 cm³/mol. The van der Waals surface area contributed by atoms with Gasteiger partial charge in [-0.15, -0.1) is 24.2 Å². The molecule has 2 rings (SSSR count). The van der Waals surface area contributed by atoms with E-state index in [0.29, 0.717) is 6.04 Å². The fraction of sp³-hybridized carbons (Fsp3) is 0.500. The molecule has 1 N–H and O–H groups in total. The molecule has 0 bridgehead atoms. The summed E-state index contributed by atoms with van der Waals surface area (Å²) in [5.41, 5.74) is 0. The number of hydrogen-bond donors (Lipinski definition) is 1. The predicted octanol–water partition coefficient (Wildman–Crippen LogP) is 2.41. The van der Waals surface area contributed by atoms with Crippen molar-refractivity contribution in [2.45, 2.75) is 30.0 Å². The van der Waals surface area contributed by atoms with Gasteiger partial charge in [-0.1, -0.05) is 18.2 Å². The maximum atomic E-state index is 12.4. The molecule has 0 aromatic heterocycles. The minimum absolute atomic E-state index is 0. The Morgan fingerprint density at radius 2 is 2.11 bits per heavy atom. The van der Waals surface area contributed by atoms with Crippen molar-refractivity contribution in [3.05, 3.63) is 30.3 Å². The van der Waals surface area contributed by atoms with Crippen molar-refractivity contribution in [3.63, 3.8) is 0 Å². The molecule has 1 aliphatic heterocycles. The van der Waals surface area contributed by atoms with Gasteiger partial charge < -0.3 is 10.2 Å². The zero-order chi connectivity index (χ0) is 13.0. The van der Waals surface area contributed by atoms with Gasteiger partial charge in [-0.05, 0) is 26.0 Å². The quantitative estimate of drug-likeness (QED) is 0.870. The lowest BCUT2D eigenvalue weighted by molar-refractivity contribution is -0.133. The van der Waals surface area contributed by atoms with E-state index in [1.54, 1.807) is 11.8 Å². The number of nitrogens with zero attached hydrogens (tertiary/aromatic N) is 1. The Morgan fingerprint density at radius 3 is 2.74 bits per heavy atom. The molecule has 1 amide bonds. The maximum Gasteiger partial charge on any atom is 0.236 e. The molecular formula is C14H21ClN2OS. The van der Waals surface area contributed by atoms with Gasteiger partial charge in [0.15, 0.2) is 0 Å². The molecule has 1 aromatic rings. The highest BCUT2D eigenvalue weighted by molar-refractivity contribution is 8.00. The fourth-order valence-corrected chi connectivity index (χ4v) is 3.11. The number of carbonyl (C=O) groups excluding carboxylic acids is 1. The van der Waals surface area contributed by atoms with Crippen molar-refractivity contribution < 1.29 is 4.79 Å². The van der Waals surface area contributed by atoms with Crippen LogP contribution in [0.1, 0.15) is 13.8 Å². The SMILES string of the molecule is CC(Sc1ccccc1)C(=O)N1CCNC[C@H]1C.Cl. The van der Waals surface area contributed by atoms with Gasteiger partial charge in [-0.3, -0.25) is 4.79 Å². The molecule has 0 saturated carbocycles. The summed E-state index contributed by atoms with van der Waals surface area (Å²) in [5.74, 6) is 0.248. The third-order valence-corrected chi connectivity index (χ3v) is 4.29. The van der Waals surface area contributed by atoms with Crippen molar-refractivity contribution in [3.8, 4) is 0 Å². The van der Waals surface area contributed by atoms with Crippen LogP contribution in [0, 0.1) is 0 Å².